The maximum Gasteiger partial charge on any atom is 0.135 e. The van der Waals surface area contributed by atoms with E-state index >= 15 is 0 Å². The minimum Gasteiger partial charge on any atom is -0.456 e. The fourth-order valence-electron chi connectivity index (χ4n) is 3.05. The number of benzene rings is 2. The van der Waals surface area contributed by atoms with Gasteiger partial charge < -0.3 is 9.40 Å². The molecule has 0 unspecified atom stereocenters. The van der Waals surface area contributed by atoms with Gasteiger partial charge in [-0.25, -0.2) is 0 Å². The Labute approximate surface area is 122 Å². The molecule has 21 heavy (non-hydrogen) atoms. The van der Waals surface area contributed by atoms with E-state index in [1.165, 1.54) is 10.8 Å². The molecule has 4 rings (SSSR count). The lowest BCUT2D eigenvalue weighted by atomic mass is 10.1. The summed E-state index contributed by atoms with van der Waals surface area (Å²) in [6.45, 7) is 5.92. The summed E-state index contributed by atoms with van der Waals surface area (Å²) in [5.74, 6) is 0. The fourth-order valence-corrected chi connectivity index (χ4v) is 3.05. The first-order valence-corrected chi connectivity index (χ1v) is 7.04. The molecule has 1 N–H and O–H groups in total. The van der Waals surface area contributed by atoms with Crippen molar-refractivity contribution in [1.82, 2.24) is 4.98 Å². The molecule has 2 heteroatoms. The summed E-state index contributed by atoms with van der Waals surface area (Å²) in [5, 5.41) is 4.61. The van der Waals surface area contributed by atoms with E-state index in [4.69, 9.17) is 4.42 Å². The van der Waals surface area contributed by atoms with Crippen molar-refractivity contribution in [1.29, 1.82) is 0 Å². The van der Waals surface area contributed by atoms with Crippen molar-refractivity contribution in [3.05, 3.63) is 60.2 Å². The third kappa shape index (κ3) is 1.59. The molecule has 0 saturated heterocycles. The van der Waals surface area contributed by atoms with Crippen LogP contribution >= 0.6 is 0 Å². The van der Waals surface area contributed by atoms with E-state index in [0.29, 0.717) is 0 Å². The van der Waals surface area contributed by atoms with Gasteiger partial charge in [0.1, 0.15) is 11.0 Å². The maximum atomic E-state index is 6.17. The SMILES string of the molecule is C=Cc1[nH]c2cccc3c4ccccc4o/c(=C/C)c1c23. The number of nitrogens with one attached hydrogen (secondary N) is 1. The third-order valence-corrected chi connectivity index (χ3v) is 3.96. The van der Waals surface area contributed by atoms with Crippen LogP contribution < -0.4 is 5.42 Å². The van der Waals surface area contributed by atoms with Crippen LogP contribution in [0.1, 0.15) is 12.6 Å². The van der Waals surface area contributed by atoms with Gasteiger partial charge >= 0.3 is 0 Å². The highest BCUT2D eigenvalue weighted by Crippen LogP contribution is 2.31. The van der Waals surface area contributed by atoms with Crippen molar-refractivity contribution in [2.24, 2.45) is 0 Å². The molecule has 0 amide bonds. The fraction of sp³-hybridized carbons (Fsp3) is 0.0526. The monoisotopic (exact) mass is 273 g/mol. The quantitative estimate of drug-likeness (QED) is 0.530. The van der Waals surface area contributed by atoms with Gasteiger partial charge in [-0.3, -0.25) is 0 Å². The molecule has 0 bridgehead atoms. The molecule has 0 aliphatic heterocycles. The van der Waals surface area contributed by atoms with Crippen molar-refractivity contribution in [3.63, 3.8) is 0 Å². The molecule has 0 aliphatic rings. The zero-order chi connectivity index (χ0) is 14.4. The Morgan fingerprint density at radius 1 is 1.00 bits per heavy atom. The highest BCUT2D eigenvalue weighted by Gasteiger charge is 2.12. The van der Waals surface area contributed by atoms with Gasteiger partial charge in [-0.1, -0.05) is 36.9 Å². The van der Waals surface area contributed by atoms with Gasteiger partial charge in [0.25, 0.3) is 0 Å². The Kier molecular flexibility index (Phi) is 2.51. The molecule has 102 valence electrons. The largest absolute Gasteiger partial charge is 0.456 e. The van der Waals surface area contributed by atoms with Gasteiger partial charge in [0.15, 0.2) is 0 Å². The number of fused-ring (bicyclic) bond motifs is 2. The van der Waals surface area contributed by atoms with Crippen LogP contribution in [0, 0.1) is 0 Å². The van der Waals surface area contributed by atoms with E-state index in [0.717, 1.165) is 33.0 Å². The molecule has 0 atom stereocenters. The average Bonchev–Trinajstić information content (AvgIpc) is 2.84. The molecule has 2 heterocycles. The number of hydrogen-bond donors (Lipinski definition) is 1. The molecule has 0 radical (unpaired) electrons. The summed E-state index contributed by atoms with van der Waals surface area (Å²) < 4.78 is 6.17. The second kappa shape index (κ2) is 4.38. The zero-order valence-electron chi connectivity index (χ0n) is 11.8. The van der Waals surface area contributed by atoms with Gasteiger partial charge in [-0.2, -0.15) is 0 Å². The lowest BCUT2D eigenvalue weighted by Gasteiger charge is -1.96. The molecule has 2 nitrogen and oxygen atoms in total. The molecule has 2 aromatic heterocycles. The van der Waals surface area contributed by atoms with Crippen LogP contribution in [0.25, 0.3) is 44.8 Å². The van der Waals surface area contributed by atoms with Crippen LogP contribution in [0.15, 0.2) is 53.5 Å². The van der Waals surface area contributed by atoms with Crippen molar-refractivity contribution >= 4 is 44.8 Å². The van der Waals surface area contributed by atoms with Crippen LogP contribution in [0.4, 0.5) is 0 Å². The highest BCUT2D eigenvalue weighted by molar-refractivity contribution is 6.18. The van der Waals surface area contributed by atoms with Crippen LogP contribution in [-0.4, -0.2) is 4.98 Å². The van der Waals surface area contributed by atoms with Gasteiger partial charge in [0.2, 0.25) is 0 Å². The normalized spacial score (nSPS) is 12.5. The molecular weight excluding hydrogens is 258 g/mol. The number of aromatic nitrogens is 1. The average molecular weight is 273 g/mol. The van der Waals surface area contributed by atoms with Crippen molar-refractivity contribution in [2.75, 3.05) is 0 Å². The van der Waals surface area contributed by atoms with Gasteiger partial charge in [0, 0.05) is 22.0 Å². The number of rotatable bonds is 1. The van der Waals surface area contributed by atoms with E-state index < -0.39 is 0 Å². The first-order chi connectivity index (χ1) is 10.3. The van der Waals surface area contributed by atoms with E-state index in [1.807, 2.05) is 37.3 Å². The molecule has 0 fully saturated rings. The summed E-state index contributed by atoms with van der Waals surface area (Å²) in [5.41, 5.74) is 3.87. The minimum absolute atomic E-state index is 0.869. The first kappa shape index (κ1) is 12.0. The van der Waals surface area contributed by atoms with Crippen LogP contribution in [0.5, 0.6) is 0 Å². The lowest BCUT2D eigenvalue weighted by molar-refractivity contribution is 0.576. The number of H-pyrrole nitrogens is 1. The Balaban J connectivity index is 2.51. The van der Waals surface area contributed by atoms with Crippen molar-refractivity contribution in [2.45, 2.75) is 6.92 Å². The lowest BCUT2D eigenvalue weighted by Crippen LogP contribution is -1.97. The minimum atomic E-state index is 0.869. The third-order valence-electron chi connectivity index (χ3n) is 3.96. The number of para-hydroxylation sites is 1. The Bertz CT molecular complexity index is 1060. The summed E-state index contributed by atoms with van der Waals surface area (Å²) >= 11 is 0. The van der Waals surface area contributed by atoms with E-state index in [1.54, 1.807) is 0 Å². The van der Waals surface area contributed by atoms with E-state index in [2.05, 4.69) is 35.8 Å². The first-order valence-electron chi connectivity index (χ1n) is 7.04. The summed E-state index contributed by atoms with van der Waals surface area (Å²) in [7, 11) is 0. The molecule has 0 saturated carbocycles. The van der Waals surface area contributed by atoms with Crippen LogP contribution in [0.2, 0.25) is 0 Å². The molecular formula is C19H15NO. The highest BCUT2D eigenvalue weighted by atomic mass is 16.3. The van der Waals surface area contributed by atoms with Gasteiger partial charge in [-0.15, -0.1) is 0 Å². The summed E-state index contributed by atoms with van der Waals surface area (Å²) in [4.78, 5) is 3.43. The summed E-state index contributed by atoms with van der Waals surface area (Å²) in [6, 6.07) is 14.5. The van der Waals surface area contributed by atoms with Crippen molar-refractivity contribution in [3.8, 4) is 0 Å². The molecule has 4 aromatic rings. The predicted octanol–water partition coefficient (Wildman–Crippen LogP) is 4.79. The summed E-state index contributed by atoms with van der Waals surface area (Å²) in [6.07, 6.45) is 3.86. The predicted molar refractivity (Wildman–Crippen MR) is 89.8 cm³/mol. The van der Waals surface area contributed by atoms with Gasteiger partial charge in [-0.05, 0) is 36.6 Å². The second-order valence-corrected chi connectivity index (χ2v) is 5.10. The van der Waals surface area contributed by atoms with Crippen LogP contribution in [0.3, 0.4) is 0 Å². The number of hydrogen-bond acceptors (Lipinski definition) is 1. The topological polar surface area (TPSA) is 28.9 Å². The Hall–Kier alpha value is -2.74. The maximum absolute atomic E-state index is 6.17. The molecule has 0 aliphatic carbocycles. The van der Waals surface area contributed by atoms with E-state index in [-0.39, 0.29) is 0 Å². The second-order valence-electron chi connectivity index (χ2n) is 5.10. The van der Waals surface area contributed by atoms with Crippen molar-refractivity contribution < 1.29 is 4.42 Å². The van der Waals surface area contributed by atoms with E-state index in [9.17, 15) is 0 Å². The molecule has 2 aromatic carbocycles. The molecule has 0 spiro atoms. The Morgan fingerprint density at radius 3 is 2.62 bits per heavy atom. The standard InChI is InChI=1S/C19H15NO/c1-3-14-19-16(4-2)21-17-11-6-5-8-12(17)13-9-7-10-15(20-14)18(13)19/h3-11,20H,1H2,2H3/b16-4+. The Morgan fingerprint density at radius 2 is 1.81 bits per heavy atom. The van der Waals surface area contributed by atoms with Gasteiger partial charge in [0.05, 0.1) is 5.39 Å². The zero-order valence-corrected chi connectivity index (χ0v) is 11.8. The number of aromatic amines is 1. The van der Waals surface area contributed by atoms with Crippen LogP contribution in [-0.2, 0) is 0 Å². The smallest absolute Gasteiger partial charge is 0.135 e.